The smallest absolute Gasteiger partial charge is 0.287 e. The molecule has 0 bridgehead atoms. The van der Waals surface area contributed by atoms with Crippen molar-refractivity contribution in [1.82, 2.24) is 0 Å². The van der Waals surface area contributed by atoms with Gasteiger partial charge >= 0.3 is 0 Å². The molecule has 2 N–H and O–H groups in total. The van der Waals surface area contributed by atoms with Gasteiger partial charge in [0.2, 0.25) is 5.71 Å². The summed E-state index contributed by atoms with van der Waals surface area (Å²) in [5, 5.41) is 14.8. The van der Waals surface area contributed by atoms with Crippen LogP contribution in [-0.2, 0) is 4.79 Å². The van der Waals surface area contributed by atoms with Crippen LogP contribution in [0, 0.1) is 11.3 Å². The lowest BCUT2D eigenvalue weighted by atomic mass is 10.2. The second kappa shape index (κ2) is 3.18. The molecule has 0 aromatic heterocycles. The van der Waals surface area contributed by atoms with Crippen LogP contribution in [0.2, 0.25) is 0 Å². The largest absolute Gasteiger partial charge is 0.318 e. The van der Waals surface area contributed by atoms with Crippen LogP contribution < -0.4 is 10.7 Å². The average Bonchev–Trinajstić information content (AvgIpc) is 2.36. The van der Waals surface area contributed by atoms with E-state index in [2.05, 4.69) is 15.8 Å². The van der Waals surface area contributed by atoms with E-state index in [1.54, 1.807) is 24.3 Å². The van der Waals surface area contributed by atoms with E-state index in [9.17, 15) is 4.79 Å². The van der Waals surface area contributed by atoms with Crippen molar-refractivity contribution in [2.45, 2.75) is 0 Å². The predicted molar refractivity (Wildman–Crippen MR) is 51.7 cm³/mol. The number of nitriles is 1. The van der Waals surface area contributed by atoms with Crippen LogP contribution in [0.4, 0.5) is 11.4 Å². The Labute approximate surface area is 80.0 Å². The molecule has 68 valence electrons. The van der Waals surface area contributed by atoms with Gasteiger partial charge in [0.25, 0.3) is 5.91 Å². The van der Waals surface area contributed by atoms with Crippen LogP contribution >= 0.6 is 0 Å². The van der Waals surface area contributed by atoms with Crippen molar-refractivity contribution >= 4 is 23.0 Å². The molecule has 5 heteroatoms. The molecule has 1 aliphatic rings. The van der Waals surface area contributed by atoms with E-state index in [4.69, 9.17) is 5.26 Å². The van der Waals surface area contributed by atoms with Crippen LogP contribution in [-0.4, -0.2) is 11.6 Å². The zero-order valence-corrected chi connectivity index (χ0v) is 7.11. The topological polar surface area (TPSA) is 77.3 Å². The summed E-state index contributed by atoms with van der Waals surface area (Å²) in [6.07, 6.45) is 0. The Morgan fingerprint density at radius 3 is 2.71 bits per heavy atom. The number of hydrogen-bond donors (Lipinski definition) is 2. The number of benzene rings is 1. The molecule has 1 amide bonds. The van der Waals surface area contributed by atoms with Crippen molar-refractivity contribution < 1.29 is 4.79 Å². The Bertz CT molecular complexity index is 458. The molecule has 0 fully saturated rings. The van der Waals surface area contributed by atoms with Gasteiger partial charge < -0.3 is 5.32 Å². The van der Waals surface area contributed by atoms with Gasteiger partial charge in [-0.3, -0.25) is 10.2 Å². The number of hydrogen-bond acceptors (Lipinski definition) is 4. The normalized spacial score (nSPS) is 13.9. The Morgan fingerprint density at radius 2 is 2.00 bits per heavy atom. The fourth-order valence-electron chi connectivity index (χ4n) is 1.11. The molecule has 2 rings (SSSR count). The lowest BCUT2D eigenvalue weighted by Gasteiger charge is -2.03. The number of fused-ring (bicyclic) bond motifs is 1. The highest BCUT2D eigenvalue weighted by molar-refractivity contribution is 6.49. The summed E-state index contributed by atoms with van der Waals surface area (Å²) in [5.41, 5.74) is 3.75. The lowest BCUT2D eigenvalue weighted by Crippen LogP contribution is -2.20. The number of amides is 1. The Balaban J connectivity index is 2.44. The number of anilines is 2. The molecule has 0 unspecified atom stereocenters. The standard InChI is InChI=1S/C9H6N4O/c10-5-8-9(14)11-6-3-1-2-4-7(6)12-13-8/h1-4,12H,(H,11,14). The molecule has 14 heavy (non-hydrogen) atoms. The summed E-state index contributed by atoms with van der Waals surface area (Å²) in [4.78, 5) is 11.3. The van der Waals surface area contributed by atoms with Gasteiger partial charge in [0.15, 0.2) is 0 Å². The van der Waals surface area contributed by atoms with E-state index >= 15 is 0 Å². The van der Waals surface area contributed by atoms with Gasteiger partial charge in [-0.05, 0) is 12.1 Å². The van der Waals surface area contributed by atoms with Crippen molar-refractivity contribution in [3.8, 4) is 6.07 Å². The Kier molecular flexibility index (Phi) is 1.88. The maximum atomic E-state index is 11.3. The van der Waals surface area contributed by atoms with Gasteiger partial charge in [-0.15, -0.1) is 0 Å². The fourth-order valence-corrected chi connectivity index (χ4v) is 1.11. The van der Waals surface area contributed by atoms with Crippen molar-refractivity contribution in [2.24, 2.45) is 5.10 Å². The van der Waals surface area contributed by atoms with Gasteiger partial charge in [0.05, 0.1) is 11.4 Å². The SMILES string of the molecule is N#CC1=NNc2ccccc2NC1=O. The van der Waals surface area contributed by atoms with E-state index in [1.165, 1.54) is 0 Å². The average molecular weight is 186 g/mol. The third-order valence-electron chi connectivity index (χ3n) is 1.78. The molecular formula is C9H6N4O. The second-order valence-corrected chi connectivity index (χ2v) is 2.68. The number of rotatable bonds is 0. The second-order valence-electron chi connectivity index (χ2n) is 2.68. The first-order valence-electron chi connectivity index (χ1n) is 3.95. The number of nitrogens with zero attached hydrogens (tertiary/aromatic N) is 2. The van der Waals surface area contributed by atoms with Crippen LogP contribution in [0.3, 0.4) is 0 Å². The summed E-state index contributed by atoms with van der Waals surface area (Å²) in [5.74, 6) is -0.495. The van der Waals surface area contributed by atoms with E-state index in [1.807, 2.05) is 6.07 Å². The molecule has 5 nitrogen and oxygen atoms in total. The third kappa shape index (κ3) is 1.29. The van der Waals surface area contributed by atoms with Gasteiger partial charge in [0.1, 0.15) is 6.07 Å². The first-order valence-corrected chi connectivity index (χ1v) is 3.95. The van der Waals surface area contributed by atoms with Crippen molar-refractivity contribution in [3.05, 3.63) is 24.3 Å². The minimum atomic E-state index is -0.495. The zero-order chi connectivity index (χ0) is 9.97. The molecule has 0 atom stereocenters. The number of carbonyl (C=O) groups excluding carboxylic acids is 1. The first kappa shape index (κ1) is 8.26. The number of carbonyl (C=O) groups is 1. The van der Waals surface area contributed by atoms with Crippen LogP contribution in [0.1, 0.15) is 0 Å². The highest BCUT2D eigenvalue weighted by atomic mass is 16.2. The Hall–Kier alpha value is -2.35. The molecule has 0 saturated heterocycles. The van der Waals surface area contributed by atoms with Crippen LogP contribution in [0.15, 0.2) is 29.4 Å². The molecule has 0 radical (unpaired) electrons. The minimum absolute atomic E-state index is 0.179. The highest BCUT2D eigenvalue weighted by Gasteiger charge is 2.16. The van der Waals surface area contributed by atoms with Gasteiger partial charge in [-0.1, -0.05) is 12.1 Å². The molecule has 0 aliphatic carbocycles. The van der Waals surface area contributed by atoms with E-state index < -0.39 is 5.91 Å². The van der Waals surface area contributed by atoms with Crippen molar-refractivity contribution in [3.63, 3.8) is 0 Å². The quantitative estimate of drug-likeness (QED) is 0.632. The molecule has 1 aromatic carbocycles. The monoisotopic (exact) mass is 186 g/mol. The summed E-state index contributed by atoms with van der Waals surface area (Å²) >= 11 is 0. The summed E-state index contributed by atoms with van der Waals surface area (Å²) in [7, 11) is 0. The van der Waals surface area contributed by atoms with Crippen LogP contribution in [0.25, 0.3) is 0 Å². The first-order chi connectivity index (χ1) is 6.81. The zero-order valence-electron chi connectivity index (χ0n) is 7.11. The third-order valence-corrected chi connectivity index (χ3v) is 1.78. The molecule has 1 heterocycles. The van der Waals surface area contributed by atoms with E-state index in [0.29, 0.717) is 11.4 Å². The number of para-hydroxylation sites is 2. The Morgan fingerprint density at radius 1 is 1.29 bits per heavy atom. The van der Waals surface area contributed by atoms with Crippen LogP contribution in [0.5, 0.6) is 0 Å². The lowest BCUT2D eigenvalue weighted by molar-refractivity contribution is -0.110. The summed E-state index contributed by atoms with van der Waals surface area (Å²) in [6.45, 7) is 0. The van der Waals surface area contributed by atoms with Gasteiger partial charge in [-0.2, -0.15) is 10.4 Å². The molecule has 0 spiro atoms. The number of nitrogens with one attached hydrogen (secondary N) is 2. The predicted octanol–water partition coefficient (Wildman–Crippen LogP) is 0.930. The minimum Gasteiger partial charge on any atom is -0.318 e. The number of hydrazone groups is 1. The fraction of sp³-hybridized carbons (Fsp3) is 0. The van der Waals surface area contributed by atoms with E-state index in [0.717, 1.165) is 0 Å². The molecule has 1 aromatic rings. The molecule has 0 saturated carbocycles. The van der Waals surface area contributed by atoms with E-state index in [-0.39, 0.29) is 5.71 Å². The molecular weight excluding hydrogens is 180 g/mol. The van der Waals surface area contributed by atoms with Gasteiger partial charge in [0, 0.05) is 0 Å². The van der Waals surface area contributed by atoms with Crippen molar-refractivity contribution in [2.75, 3.05) is 10.7 Å². The highest BCUT2D eigenvalue weighted by Crippen LogP contribution is 2.22. The maximum Gasteiger partial charge on any atom is 0.287 e. The van der Waals surface area contributed by atoms with Crippen molar-refractivity contribution in [1.29, 1.82) is 5.26 Å². The summed E-state index contributed by atoms with van der Waals surface area (Å²) in [6, 6.07) is 8.80. The maximum absolute atomic E-state index is 11.3. The van der Waals surface area contributed by atoms with Gasteiger partial charge in [-0.25, -0.2) is 0 Å². The molecule has 1 aliphatic heterocycles. The summed E-state index contributed by atoms with van der Waals surface area (Å²) < 4.78 is 0.